The predicted octanol–water partition coefficient (Wildman–Crippen LogP) is 5.79. The number of anilines is 1. The van der Waals surface area contributed by atoms with Crippen LogP contribution in [0.15, 0.2) is 66.6 Å². The summed E-state index contributed by atoms with van der Waals surface area (Å²) in [5.74, 6) is 0.425. The molecule has 0 unspecified atom stereocenters. The summed E-state index contributed by atoms with van der Waals surface area (Å²) in [6.45, 7) is 17.1. The third kappa shape index (κ3) is 5.04. The molecule has 0 radical (unpaired) electrons. The molecule has 0 aliphatic carbocycles. The number of pyridine rings is 2. The Morgan fingerprint density at radius 2 is 1.90 bits per heavy atom. The van der Waals surface area contributed by atoms with Gasteiger partial charge in [0.2, 0.25) is 5.91 Å². The van der Waals surface area contributed by atoms with Gasteiger partial charge in [0.1, 0.15) is 5.82 Å². The normalized spacial score (nSPS) is 15.4. The SMILES string of the molecule is C=CC(=O)N1CCN(c2nc(=O)n(-c3c(C)ccnc3C(C)C)c3nc(-c4ccccc4C=C)c(Cl)cc23)[C@@H](C)C1. The Balaban J connectivity index is 1.82. The van der Waals surface area contributed by atoms with Gasteiger partial charge in [-0.05, 0) is 49.1 Å². The van der Waals surface area contributed by atoms with Crippen LogP contribution in [0.5, 0.6) is 0 Å². The number of nitrogens with zero attached hydrogens (tertiary/aromatic N) is 6. The number of benzene rings is 1. The number of aromatic nitrogens is 4. The van der Waals surface area contributed by atoms with E-state index < -0.39 is 5.69 Å². The van der Waals surface area contributed by atoms with Gasteiger partial charge >= 0.3 is 5.69 Å². The van der Waals surface area contributed by atoms with Crippen molar-refractivity contribution < 1.29 is 4.79 Å². The Morgan fingerprint density at radius 3 is 2.59 bits per heavy atom. The first-order valence-corrected chi connectivity index (χ1v) is 14.0. The van der Waals surface area contributed by atoms with E-state index in [1.807, 2.05) is 64.1 Å². The van der Waals surface area contributed by atoms with Crippen LogP contribution in [0.4, 0.5) is 5.82 Å². The molecule has 0 saturated carbocycles. The van der Waals surface area contributed by atoms with Crippen molar-refractivity contribution in [1.82, 2.24) is 24.4 Å². The monoisotopic (exact) mass is 568 g/mol. The molecule has 3 aromatic heterocycles. The average Bonchev–Trinajstić information content (AvgIpc) is 2.96. The first kappa shape index (κ1) is 28.2. The van der Waals surface area contributed by atoms with Crippen LogP contribution < -0.4 is 10.6 Å². The summed E-state index contributed by atoms with van der Waals surface area (Å²) in [7, 11) is 0. The summed E-state index contributed by atoms with van der Waals surface area (Å²) >= 11 is 6.94. The van der Waals surface area contributed by atoms with E-state index in [0.29, 0.717) is 52.9 Å². The van der Waals surface area contributed by atoms with Crippen LogP contribution in [-0.2, 0) is 4.79 Å². The molecule has 1 atom stereocenters. The molecule has 1 aliphatic rings. The van der Waals surface area contributed by atoms with Crippen molar-refractivity contribution in [3.63, 3.8) is 0 Å². The summed E-state index contributed by atoms with van der Waals surface area (Å²) < 4.78 is 1.56. The number of piperazine rings is 1. The van der Waals surface area contributed by atoms with Crippen LogP contribution in [0.3, 0.4) is 0 Å². The van der Waals surface area contributed by atoms with Gasteiger partial charge in [-0.1, -0.05) is 68.9 Å². The van der Waals surface area contributed by atoms with Crippen molar-refractivity contribution in [2.45, 2.75) is 39.7 Å². The molecule has 41 heavy (non-hydrogen) atoms. The summed E-state index contributed by atoms with van der Waals surface area (Å²) in [4.78, 5) is 44.5. The smallest absolute Gasteiger partial charge is 0.350 e. The molecule has 0 bridgehead atoms. The highest BCUT2D eigenvalue weighted by Crippen LogP contribution is 2.36. The lowest BCUT2D eigenvalue weighted by Gasteiger charge is -2.40. The third-order valence-corrected chi connectivity index (χ3v) is 7.84. The van der Waals surface area contributed by atoms with E-state index >= 15 is 0 Å². The quantitative estimate of drug-likeness (QED) is 0.274. The summed E-state index contributed by atoms with van der Waals surface area (Å²) in [5.41, 5.74) is 4.54. The number of carbonyl (C=O) groups is 1. The molecule has 9 heteroatoms. The fourth-order valence-corrected chi connectivity index (χ4v) is 5.75. The van der Waals surface area contributed by atoms with Crippen LogP contribution >= 0.6 is 11.6 Å². The number of halogens is 1. The summed E-state index contributed by atoms with van der Waals surface area (Å²) in [6, 6.07) is 11.4. The Hall–Kier alpha value is -4.30. The molecule has 1 aromatic carbocycles. The number of amides is 1. The zero-order chi connectivity index (χ0) is 29.4. The Labute approximate surface area is 244 Å². The van der Waals surface area contributed by atoms with Gasteiger partial charge in [0.25, 0.3) is 0 Å². The zero-order valence-corrected chi connectivity index (χ0v) is 24.5. The molecule has 1 fully saturated rings. The van der Waals surface area contributed by atoms with Crippen LogP contribution in [-0.4, -0.2) is 56.0 Å². The third-order valence-electron chi connectivity index (χ3n) is 7.55. The number of hydrogen-bond acceptors (Lipinski definition) is 6. The predicted molar refractivity (Wildman–Crippen MR) is 166 cm³/mol. The van der Waals surface area contributed by atoms with Crippen molar-refractivity contribution in [3.8, 4) is 16.9 Å². The van der Waals surface area contributed by atoms with E-state index in [1.54, 1.807) is 21.7 Å². The molecule has 8 nitrogen and oxygen atoms in total. The maximum Gasteiger partial charge on any atom is 0.355 e. The van der Waals surface area contributed by atoms with Gasteiger partial charge in [0.05, 0.1) is 27.5 Å². The topological polar surface area (TPSA) is 84.2 Å². The van der Waals surface area contributed by atoms with Gasteiger partial charge in [-0.25, -0.2) is 14.3 Å². The lowest BCUT2D eigenvalue weighted by atomic mass is 10.0. The Kier molecular flexibility index (Phi) is 7.78. The second kappa shape index (κ2) is 11.3. The van der Waals surface area contributed by atoms with Crippen molar-refractivity contribution in [1.29, 1.82) is 0 Å². The minimum atomic E-state index is -0.458. The van der Waals surface area contributed by atoms with Crippen LogP contribution in [0.25, 0.3) is 34.1 Å². The minimum Gasteiger partial charge on any atom is -0.350 e. The van der Waals surface area contributed by atoms with Gasteiger partial charge < -0.3 is 9.80 Å². The lowest BCUT2D eigenvalue weighted by molar-refractivity contribution is -0.126. The first-order valence-electron chi connectivity index (χ1n) is 13.6. The molecule has 4 aromatic rings. The maximum atomic E-state index is 14.0. The Bertz CT molecular complexity index is 1740. The number of fused-ring (bicyclic) bond motifs is 1. The van der Waals surface area contributed by atoms with E-state index in [4.69, 9.17) is 16.6 Å². The summed E-state index contributed by atoms with van der Waals surface area (Å²) in [6.07, 6.45) is 4.84. The van der Waals surface area contributed by atoms with Crippen LogP contribution in [0, 0.1) is 6.92 Å². The van der Waals surface area contributed by atoms with E-state index in [0.717, 1.165) is 22.4 Å². The molecule has 5 rings (SSSR count). The van der Waals surface area contributed by atoms with Gasteiger partial charge in [-0.2, -0.15) is 4.98 Å². The number of hydrogen-bond donors (Lipinski definition) is 0. The molecular weight excluding hydrogens is 536 g/mol. The molecule has 1 aliphatic heterocycles. The molecule has 0 N–H and O–H groups in total. The summed E-state index contributed by atoms with van der Waals surface area (Å²) in [5, 5.41) is 1.07. The molecule has 1 amide bonds. The van der Waals surface area contributed by atoms with E-state index in [2.05, 4.69) is 28.0 Å². The molecule has 0 spiro atoms. The number of rotatable bonds is 6. The second-order valence-corrected chi connectivity index (χ2v) is 11.0. The molecular formula is C32H33ClN6O2. The van der Waals surface area contributed by atoms with E-state index in [1.165, 1.54) is 6.08 Å². The van der Waals surface area contributed by atoms with E-state index in [-0.39, 0.29) is 17.9 Å². The van der Waals surface area contributed by atoms with Gasteiger partial charge in [0, 0.05) is 37.4 Å². The zero-order valence-electron chi connectivity index (χ0n) is 23.8. The van der Waals surface area contributed by atoms with Crippen LogP contribution in [0.2, 0.25) is 5.02 Å². The molecule has 210 valence electrons. The molecule has 4 heterocycles. The fourth-order valence-electron chi connectivity index (χ4n) is 5.49. The molecule has 1 saturated heterocycles. The Morgan fingerprint density at radius 1 is 1.15 bits per heavy atom. The van der Waals surface area contributed by atoms with E-state index in [9.17, 15) is 9.59 Å². The van der Waals surface area contributed by atoms with Gasteiger partial charge in [-0.3, -0.25) is 9.78 Å². The lowest BCUT2D eigenvalue weighted by Crippen LogP contribution is -2.54. The van der Waals surface area contributed by atoms with Crippen LogP contribution in [0.1, 0.15) is 43.5 Å². The number of carbonyl (C=O) groups excluding carboxylic acids is 1. The second-order valence-electron chi connectivity index (χ2n) is 10.6. The van der Waals surface area contributed by atoms with Crippen molar-refractivity contribution >= 4 is 40.4 Å². The van der Waals surface area contributed by atoms with Crippen molar-refractivity contribution in [3.05, 3.63) is 94.2 Å². The number of aryl methyl sites for hydroxylation is 1. The first-order chi connectivity index (χ1) is 19.7. The maximum absolute atomic E-state index is 14.0. The standard InChI is InChI=1S/C32H33ClN6O2/c1-7-22-11-9-10-12-23(22)28-25(33)17-24-30(38-16-15-37(18-21(38)6)26(40)8-2)36-32(41)39(31(24)35-28)29-20(5)13-14-34-27(29)19(3)4/h7-14,17,19,21H,1-2,15-16,18H2,3-6H3/t21-/m0/s1. The minimum absolute atomic E-state index is 0.0512. The highest BCUT2D eigenvalue weighted by atomic mass is 35.5. The van der Waals surface area contributed by atoms with Gasteiger partial charge in [0.15, 0.2) is 5.65 Å². The fraction of sp³-hybridized carbons (Fsp3) is 0.281. The highest BCUT2D eigenvalue weighted by Gasteiger charge is 2.30. The highest BCUT2D eigenvalue weighted by molar-refractivity contribution is 6.34. The largest absolute Gasteiger partial charge is 0.355 e. The van der Waals surface area contributed by atoms with Crippen molar-refractivity contribution in [2.24, 2.45) is 0 Å². The van der Waals surface area contributed by atoms with Crippen molar-refractivity contribution in [2.75, 3.05) is 24.5 Å². The average molecular weight is 569 g/mol. The van der Waals surface area contributed by atoms with Gasteiger partial charge in [-0.15, -0.1) is 0 Å².